The van der Waals surface area contributed by atoms with Crippen LogP contribution in [0.15, 0.2) is 64.4 Å². The summed E-state index contributed by atoms with van der Waals surface area (Å²) in [5.41, 5.74) is 2.88. The summed E-state index contributed by atoms with van der Waals surface area (Å²) in [5.74, 6) is 0.0922. The van der Waals surface area contributed by atoms with Gasteiger partial charge < -0.3 is 4.74 Å². The molecule has 0 amide bonds. The van der Waals surface area contributed by atoms with E-state index in [4.69, 9.17) is 4.74 Å². The van der Waals surface area contributed by atoms with Gasteiger partial charge in [0.1, 0.15) is 0 Å². The first kappa shape index (κ1) is 16.3. The third-order valence-electron chi connectivity index (χ3n) is 3.45. The number of esters is 1. The molecule has 1 heterocycles. The molecule has 0 aliphatic rings. The minimum atomic E-state index is -0.363. The first-order chi connectivity index (χ1) is 11.5. The van der Waals surface area contributed by atoms with E-state index in [1.54, 1.807) is 16.4 Å². The highest BCUT2D eigenvalue weighted by Crippen LogP contribution is 2.39. The fourth-order valence-electron chi connectivity index (χ4n) is 2.30. The van der Waals surface area contributed by atoms with Crippen LogP contribution in [-0.2, 0) is 4.79 Å². The second-order valence-electron chi connectivity index (χ2n) is 5.48. The van der Waals surface area contributed by atoms with Crippen molar-refractivity contribution in [2.24, 2.45) is 0 Å². The molecule has 0 fully saturated rings. The van der Waals surface area contributed by atoms with Crippen molar-refractivity contribution in [3.63, 3.8) is 0 Å². The van der Waals surface area contributed by atoms with Crippen LogP contribution in [0.1, 0.15) is 18.2 Å². The molecule has 0 atom stereocenters. The van der Waals surface area contributed by atoms with Crippen LogP contribution in [0.25, 0.3) is 5.69 Å². The summed E-state index contributed by atoms with van der Waals surface area (Å²) >= 11 is 1.55. The van der Waals surface area contributed by atoms with Gasteiger partial charge in [0.05, 0.1) is 16.3 Å². The highest BCUT2D eigenvalue weighted by Gasteiger charge is 2.20. The molecule has 3 rings (SSSR count). The molecule has 3 aromatic rings. The minimum absolute atomic E-state index is 0.363. The summed E-state index contributed by atoms with van der Waals surface area (Å²) in [5, 5.41) is 4.57. The summed E-state index contributed by atoms with van der Waals surface area (Å²) in [6.07, 6.45) is 0. The van der Waals surface area contributed by atoms with Crippen molar-refractivity contribution in [1.82, 2.24) is 9.78 Å². The molecule has 0 saturated carbocycles. The smallest absolute Gasteiger partial charge is 0.309 e. The average molecular weight is 338 g/mol. The van der Waals surface area contributed by atoms with Gasteiger partial charge in [-0.15, -0.1) is 0 Å². The Kier molecular flexibility index (Phi) is 4.71. The number of ether oxygens (including phenoxy) is 1. The number of rotatable bonds is 4. The summed E-state index contributed by atoms with van der Waals surface area (Å²) in [7, 11) is 0. The molecule has 5 heteroatoms. The van der Waals surface area contributed by atoms with E-state index in [1.165, 1.54) is 12.5 Å². The molecule has 0 aliphatic carbocycles. The number of nitrogens with zero attached hydrogens (tertiary/aromatic N) is 2. The topological polar surface area (TPSA) is 44.1 Å². The SMILES string of the molecule is CC(=O)Oc1c(Sc2ccc(C)cc2)c(C)nn1-c1ccccc1. The van der Waals surface area contributed by atoms with Crippen molar-refractivity contribution in [1.29, 1.82) is 0 Å². The van der Waals surface area contributed by atoms with Crippen LogP contribution in [0.2, 0.25) is 0 Å². The maximum Gasteiger partial charge on any atom is 0.309 e. The van der Waals surface area contributed by atoms with Crippen LogP contribution in [0, 0.1) is 13.8 Å². The largest absolute Gasteiger partial charge is 0.406 e. The molecular weight excluding hydrogens is 320 g/mol. The molecule has 122 valence electrons. The molecule has 0 N–H and O–H groups in total. The number of benzene rings is 2. The third kappa shape index (κ3) is 3.51. The number of hydrogen-bond acceptors (Lipinski definition) is 4. The summed E-state index contributed by atoms with van der Waals surface area (Å²) in [6.45, 7) is 5.37. The van der Waals surface area contributed by atoms with Crippen LogP contribution in [0.3, 0.4) is 0 Å². The van der Waals surface area contributed by atoms with E-state index in [0.717, 1.165) is 21.2 Å². The lowest BCUT2D eigenvalue weighted by molar-refractivity contribution is -0.132. The van der Waals surface area contributed by atoms with E-state index in [-0.39, 0.29) is 5.97 Å². The number of para-hydroxylation sites is 1. The zero-order chi connectivity index (χ0) is 17.1. The van der Waals surface area contributed by atoms with Gasteiger partial charge in [-0.2, -0.15) is 9.78 Å². The third-order valence-corrected chi connectivity index (χ3v) is 4.63. The first-order valence-electron chi connectivity index (χ1n) is 7.62. The first-order valence-corrected chi connectivity index (χ1v) is 8.44. The van der Waals surface area contributed by atoms with E-state index in [2.05, 4.69) is 36.3 Å². The predicted molar refractivity (Wildman–Crippen MR) is 94.9 cm³/mol. The van der Waals surface area contributed by atoms with Crippen molar-refractivity contribution in [3.05, 3.63) is 65.9 Å². The Morgan fingerprint density at radius 3 is 2.33 bits per heavy atom. The minimum Gasteiger partial charge on any atom is -0.406 e. The zero-order valence-corrected chi connectivity index (χ0v) is 14.6. The van der Waals surface area contributed by atoms with Gasteiger partial charge in [0.15, 0.2) is 0 Å². The number of carbonyl (C=O) groups excluding carboxylic acids is 1. The molecule has 0 bridgehead atoms. The highest BCUT2D eigenvalue weighted by atomic mass is 32.2. The van der Waals surface area contributed by atoms with Crippen molar-refractivity contribution in [3.8, 4) is 11.6 Å². The molecular formula is C19H18N2O2S. The van der Waals surface area contributed by atoms with Crippen LogP contribution in [0.5, 0.6) is 5.88 Å². The van der Waals surface area contributed by atoms with E-state index in [9.17, 15) is 4.79 Å². The second-order valence-corrected chi connectivity index (χ2v) is 6.56. The van der Waals surface area contributed by atoms with E-state index >= 15 is 0 Å². The summed E-state index contributed by atoms with van der Waals surface area (Å²) < 4.78 is 7.16. The maximum absolute atomic E-state index is 11.6. The van der Waals surface area contributed by atoms with Crippen molar-refractivity contribution < 1.29 is 9.53 Å². The molecule has 0 spiro atoms. The van der Waals surface area contributed by atoms with Gasteiger partial charge in [0.25, 0.3) is 0 Å². The normalized spacial score (nSPS) is 10.6. The van der Waals surface area contributed by atoms with Gasteiger partial charge in [0.2, 0.25) is 5.88 Å². The molecule has 0 radical (unpaired) electrons. The van der Waals surface area contributed by atoms with E-state index in [1.807, 2.05) is 37.3 Å². The molecule has 0 aliphatic heterocycles. The number of hydrogen-bond donors (Lipinski definition) is 0. The van der Waals surface area contributed by atoms with Gasteiger partial charge in [-0.05, 0) is 38.1 Å². The predicted octanol–water partition coefficient (Wildman–Crippen LogP) is 4.57. The molecule has 0 unspecified atom stereocenters. The van der Waals surface area contributed by atoms with Gasteiger partial charge in [-0.1, -0.05) is 47.7 Å². The monoisotopic (exact) mass is 338 g/mol. The van der Waals surface area contributed by atoms with Crippen molar-refractivity contribution in [2.75, 3.05) is 0 Å². The Balaban J connectivity index is 2.06. The molecule has 4 nitrogen and oxygen atoms in total. The zero-order valence-electron chi connectivity index (χ0n) is 13.8. The lowest BCUT2D eigenvalue weighted by Crippen LogP contribution is -2.07. The Hall–Kier alpha value is -2.53. The number of carbonyl (C=O) groups is 1. The lowest BCUT2D eigenvalue weighted by Gasteiger charge is -2.08. The van der Waals surface area contributed by atoms with Crippen molar-refractivity contribution >= 4 is 17.7 Å². The van der Waals surface area contributed by atoms with Gasteiger partial charge in [0, 0.05) is 11.8 Å². The maximum atomic E-state index is 11.6. The van der Waals surface area contributed by atoms with E-state index < -0.39 is 0 Å². The van der Waals surface area contributed by atoms with Crippen LogP contribution in [0.4, 0.5) is 0 Å². The summed E-state index contributed by atoms with van der Waals surface area (Å²) in [4.78, 5) is 13.5. The molecule has 2 aromatic carbocycles. The lowest BCUT2D eigenvalue weighted by atomic mass is 10.2. The fourth-order valence-corrected chi connectivity index (χ4v) is 3.22. The average Bonchev–Trinajstić information content (AvgIpc) is 2.86. The standard InChI is InChI=1S/C19H18N2O2S/c1-13-9-11-17(12-10-13)24-18-14(2)20-21(19(18)23-15(3)22)16-7-5-4-6-8-16/h4-12H,1-3H3. The van der Waals surface area contributed by atoms with Crippen molar-refractivity contribution in [2.45, 2.75) is 30.6 Å². The molecule has 1 aromatic heterocycles. The summed E-state index contributed by atoms with van der Waals surface area (Å²) in [6, 6.07) is 17.9. The van der Waals surface area contributed by atoms with Crippen LogP contribution < -0.4 is 4.74 Å². The Bertz CT molecular complexity index is 855. The number of aryl methyl sites for hydroxylation is 2. The van der Waals surface area contributed by atoms with Gasteiger partial charge >= 0.3 is 5.97 Å². The Morgan fingerprint density at radius 1 is 1.04 bits per heavy atom. The Morgan fingerprint density at radius 2 is 1.71 bits per heavy atom. The van der Waals surface area contributed by atoms with Gasteiger partial charge in [-0.3, -0.25) is 4.79 Å². The fraction of sp³-hybridized carbons (Fsp3) is 0.158. The van der Waals surface area contributed by atoms with Crippen LogP contribution in [-0.4, -0.2) is 15.7 Å². The Labute approximate surface area is 145 Å². The van der Waals surface area contributed by atoms with Gasteiger partial charge in [-0.25, -0.2) is 0 Å². The quantitative estimate of drug-likeness (QED) is 0.654. The van der Waals surface area contributed by atoms with E-state index in [0.29, 0.717) is 5.88 Å². The second kappa shape index (κ2) is 6.93. The molecule has 24 heavy (non-hydrogen) atoms. The molecule has 0 saturated heterocycles. The van der Waals surface area contributed by atoms with Crippen LogP contribution >= 0.6 is 11.8 Å². The highest BCUT2D eigenvalue weighted by molar-refractivity contribution is 7.99. The number of aromatic nitrogens is 2.